The Kier molecular flexibility index (Phi) is 13.8. The van der Waals surface area contributed by atoms with Crippen molar-refractivity contribution < 1.29 is 49.9 Å². The number of rotatable bonds is 10. The van der Waals surface area contributed by atoms with Crippen molar-refractivity contribution in [2.45, 2.75) is 58.3 Å². The topological polar surface area (TPSA) is 26.3 Å². The van der Waals surface area contributed by atoms with Crippen molar-refractivity contribution in [3.63, 3.8) is 0 Å². The molecular weight excluding hydrogens is 387 g/mol. The molecule has 0 aromatic heterocycles. The largest absolute Gasteiger partial charge is 0.542 e. The average molecular weight is 412 g/mol. The van der Waals surface area contributed by atoms with E-state index in [1.807, 2.05) is 12.1 Å². The zero-order chi connectivity index (χ0) is 13.1. The second kappa shape index (κ2) is 13.5. The van der Waals surface area contributed by atoms with Crippen molar-refractivity contribution in [1.82, 2.24) is 0 Å². The maximum Gasteiger partial charge on any atom is 0.542 e. The molecule has 1 aromatic carbocycles. The van der Waals surface area contributed by atoms with Crippen molar-refractivity contribution in [1.29, 1.82) is 0 Å². The van der Waals surface area contributed by atoms with Gasteiger partial charge in [0.25, 0.3) is 0 Å². The van der Waals surface area contributed by atoms with Crippen LogP contribution in [0.4, 0.5) is 0 Å². The predicted molar refractivity (Wildman–Crippen MR) is 77.8 cm³/mol. The monoisotopic (exact) mass is 409 g/mol. The van der Waals surface area contributed by atoms with Crippen LogP contribution in [-0.4, -0.2) is 0 Å². The second-order valence-electron chi connectivity index (χ2n) is 4.70. The zero-order valence-electron chi connectivity index (χ0n) is 11.8. The van der Waals surface area contributed by atoms with E-state index in [1.165, 1.54) is 50.5 Å². The van der Waals surface area contributed by atoms with Crippen LogP contribution in [0.25, 0.3) is 0 Å². The predicted octanol–water partition coefficient (Wildman–Crippen LogP) is 5.30. The first kappa shape index (κ1) is 19.5. The van der Waals surface area contributed by atoms with Gasteiger partial charge in [0.15, 0.2) is 5.75 Å². The Morgan fingerprint density at radius 3 is 2.11 bits per heavy atom. The van der Waals surface area contributed by atoms with E-state index < -0.39 is 8.69 Å². The summed E-state index contributed by atoms with van der Waals surface area (Å²) in [5, 5.41) is 0. The Balaban J connectivity index is 0.00000324. The molecule has 0 saturated carbocycles. The summed E-state index contributed by atoms with van der Waals surface area (Å²) in [6.07, 6.45) is 10.5. The maximum absolute atomic E-state index is 10.3. The van der Waals surface area contributed by atoms with Crippen LogP contribution in [0.3, 0.4) is 0 Å². The number of unbranched alkanes of at least 4 members (excludes halogenated alkanes) is 6. The smallest absolute Gasteiger partial charge is 0.256 e. The summed E-state index contributed by atoms with van der Waals surface area (Å²) in [5.41, 5.74) is 1.34. The van der Waals surface area contributed by atoms with Gasteiger partial charge in [-0.15, -0.1) is 0 Å². The van der Waals surface area contributed by atoms with Crippen molar-refractivity contribution in [2.75, 3.05) is 0 Å². The van der Waals surface area contributed by atoms with Gasteiger partial charge >= 0.3 is 8.69 Å². The summed E-state index contributed by atoms with van der Waals surface area (Å²) in [5.74, 6) is 0.687. The molecule has 104 valence electrons. The van der Waals surface area contributed by atoms with Gasteiger partial charge in [0.1, 0.15) is 0 Å². The van der Waals surface area contributed by atoms with Gasteiger partial charge in [0.2, 0.25) is 0 Å². The summed E-state index contributed by atoms with van der Waals surface area (Å²) in [6.45, 7) is 2.25. The molecule has 0 saturated heterocycles. The quantitative estimate of drug-likeness (QED) is 0.386. The molecule has 0 heterocycles. The van der Waals surface area contributed by atoms with Crippen LogP contribution >= 0.6 is 8.69 Å². The Hall–Kier alpha value is 0.471. The fourth-order valence-corrected chi connectivity index (χ4v) is 2.29. The van der Waals surface area contributed by atoms with E-state index in [2.05, 4.69) is 19.1 Å². The van der Waals surface area contributed by atoms with Gasteiger partial charge in [-0.25, -0.2) is 0 Å². The summed E-state index contributed by atoms with van der Waals surface area (Å²) >= 11 is 0. The zero-order valence-corrected chi connectivity index (χ0v) is 16.0. The van der Waals surface area contributed by atoms with Crippen molar-refractivity contribution in [3.8, 4) is 5.75 Å². The molecule has 1 rings (SSSR count). The molecule has 2 nitrogen and oxygen atoms in total. The van der Waals surface area contributed by atoms with E-state index in [4.69, 9.17) is 4.52 Å². The van der Waals surface area contributed by atoms with Crippen LogP contribution in [0.1, 0.15) is 57.4 Å². The van der Waals surface area contributed by atoms with Gasteiger partial charge in [-0.2, -0.15) is 0 Å². The Labute approximate surface area is 151 Å². The summed E-state index contributed by atoms with van der Waals surface area (Å²) < 4.78 is 15.2. The van der Waals surface area contributed by atoms with Gasteiger partial charge in [-0.05, 0) is 35.1 Å². The fourth-order valence-electron chi connectivity index (χ4n) is 2.06. The minimum atomic E-state index is -0.718. The molecule has 1 unspecified atom stereocenters. The minimum absolute atomic E-state index is 0. The summed E-state index contributed by atoms with van der Waals surface area (Å²) in [7, 11) is -0.718. The number of hydrogen-bond acceptors (Lipinski definition) is 2. The summed E-state index contributed by atoms with van der Waals surface area (Å²) in [4.78, 5) is 0. The molecule has 0 aliphatic carbocycles. The minimum Gasteiger partial charge on any atom is -0.256 e. The first-order valence-electron chi connectivity index (χ1n) is 6.99. The van der Waals surface area contributed by atoms with Crippen LogP contribution in [0.2, 0.25) is 0 Å². The SMILES string of the molecule is CCCCCCCCCc1ccc(O[PH+]=O)cc1.[Nd]. The Morgan fingerprint density at radius 1 is 0.947 bits per heavy atom. The van der Waals surface area contributed by atoms with Crippen LogP contribution in [0.5, 0.6) is 5.75 Å². The molecule has 4 heteroatoms. The first-order valence-corrected chi connectivity index (χ1v) is 7.81. The van der Waals surface area contributed by atoms with Gasteiger partial charge in [-0.3, -0.25) is 4.52 Å². The Morgan fingerprint density at radius 2 is 1.53 bits per heavy atom. The van der Waals surface area contributed by atoms with E-state index in [0.29, 0.717) is 5.75 Å². The normalized spacial score (nSPS) is 10.2. The van der Waals surface area contributed by atoms with Gasteiger partial charge in [0.05, 0.1) is 0 Å². The molecule has 0 bridgehead atoms. The molecule has 0 radical (unpaired) electrons. The molecule has 1 aromatic rings. The molecule has 19 heavy (non-hydrogen) atoms. The molecule has 0 aliphatic heterocycles. The fraction of sp³-hybridized carbons (Fsp3) is 0.600. The van der Waals surface area contributed by atoms with E-state index in [-0.39, 0.29) is 40.8 Å². The van der Waals surface area contributed by atoms with Gasteiger partial charge in [0, 0.05) is 40.8 Å². The number of aryl methyl sites for hydroxylation is 1. The van der Waals surface area contributed by atoms with Crippen LogP contribution in [0.15, 0.2) is 24.3 Å². The second-order valence-corrected chi connectivity index (χ2v) is 5.07. The van der Waals surface area contributed by atoms with Crippen LogP contribution < -0.4 is 4.52 Å². The molecule has 0 N–H and O–H groups in total. The van der Waals surface area contributed by atoms with E-state index in [1.54, 1.807) is 0 Å². The van der Waals surface area contributed by atoms with Gasteiger partial charge < -0.3 is 0 Å². The van der Waals surface area contributed by atoms with E-state index in [0.717, 1.165) is 6.42 Å². The molecule has 0 fully saturated rings. The number of benzene rings is 1. The Bertz CT molecular complexity index is 327. The van der Waals surface area contributed by atoms with Crippen LogP contribution in [0, 0.1) is 40.8 Å². The van der Waals surface area contributed by atoms with Gasteiger partial charge in [-0.1, -0.05) is 57.6 Å². The maximum atomic E-state index is 10.3. The number of hydrogen-bond donors (Lipinski definition) is 0. The average Bonchev–Trinajstić information content (AvgIpc) is 2.40. The summed E-state index contributed by atoms with van der Waals surface area (Å²) in [6, 6.07) is 7.90. The van der Waals surface area contributed by atoms with Crippen molar-refractivity contribution in [2.24, 2.45) is 0 Å². The van der Waals surface area contributed by atoms with Crippen molar-refractivity contribution >= 4 is 8.69 Å². The molecule has 0 spiro atoms. The molecule has 0 amide bonds. The molecule has 0 aliphatic rings. The van der Waals surface area contributed by atoms with Crippen LogP contribution in [-0.2, 0) is 11.0 Å². The van der Waals surface area contributed by atoms with Crippen molar-refractivity contribution in [3.05, 3.63) is 29.8 Å². The van der Waals surface area contributed by atoms with E-state index >= 15 is 0 Å². The van der Waals surface area contributed by atoms with E-state index in [9.17, 15) is 4.57 Å². The standard InChI is InChI=1S/C15H24O2P.Nd/c1-2-3-4-5-6-7-8-9-14-10-12-15(13-11-14)17-18-16;/h10-13,18H,2-9H2,1H3;/q+1;. The molecular formula is C15H24NdO2P+. The third-order valence-corrected chi connectivity index (χ3v) is 3.47. The third kappa shape index (κ3) is 9.92. The molecule has 1 atom stereocenters. The first-order chi connectivity index (χ1) is 8.86. The third-order valence-electron chi connectivity index (χ3n) is 3.15.